The molecular formula is C12H11BrF2N2O. The van der Waals surface area contributed by atoms with Gasteiger partial charge in [0.15, 0.2) is 0 Å². The molecule has 3 nitrogen and oxygen atoms in total. The maximum atomic E-state index is 13.7. The first-order valence-corrected chi connectivity index (χ1v) is 6.07. The predicted molar refractivity (Wildman–Crippen MR) is 65.9 cm³/mol. The lowest BCUT2D eigenvalue weighted by Gasteiger charge is -2.11. The van der Waals surface area contributed by atoms with Crippen LogP contribution in [-0.4, -0.2) is 14.9 Å². The lowest BCUT2D eigenvalue weighted by Crippen LogP contribution is -2.05. The van der Waals surface area contributed by atoms with Gasteiger partial charge in [0.25, 0.3) is 0 Å². The van der Waals surface area contributed by atoms with Crippen molar-refractivity contribution in [1.82, 2.24) is 9.78 Å². The topological polar surface area (TPSA) is 38.0 Å². The number of aryl methyl sites for hydroxylation is 1. The summed E-state index contributed by atoms with van der Waals surface area (Å²) in [5.74, 6) is -1.35. The molecule has 1 heterocycles. The van der Waals surface area contributed by atoms with Crippen LogP contribution in [0.15, 0.2) is 29.0 Å². The summed E-state index contributed by atoms with van der Waals surface area (Å²) in [6.45, 7) is 0. The number of aromatic nitrogens is 2. The van der Waals surface area contributed by atoms with Crippen LogP contribution in [0.3, 0.4) is 0 Å². The van der Waals surface area contributed by atoms with Crippen molar-refractivity contribution in [2.75, 3.05) is 0 Å². The molecule has 0 fully saturated rings. The molecule has 1 atom stereocenters. The molecule has 2 rings (SSSR count). The summed E-state index contributed by atoms with van der Waals surface area (Å²) in [6.07, 6.45) is 1.96. The summed E-state index contributed by atoms with van der Waals surface area (Å²) in [5, 5.41) is 13.8. The van der Waals surface area contributed by atoms with Crippen molar-refractivity contribution in [3.05, 3.63) is 51.8 Å². The number of hydrogen-bond acceptors (Lipinski definition) is 2. The average Bonchev–Trinajstić information content (AvgIpc) is 2.76. The largest absolute Gasteiger partial charge is 0.388 e. The summed E-state index contributed by atoms with van der Waals surface area (Å²) in [6, 6.07) is 2.46. The van der Waals surface area contributed by atoms with Crippen molar-refractivity contribution < 1.29 is 13.9 Å². The summed E-state index contributed by atoms with van der Waals surface area (Å²) >= 11 is 2.99. The number of halogens is 3. The molecule has 0 spiro atoms. The third kappa shape index (κ3) is 2.59. The molecule has 0 saturated heterocycles. The number of rotatable bonds is 3. The van der Waals surface area contributed by atoms with E-state index < -0.39 is 17.7 Å². The Morgan fingerprint density at radius 3 is 2.78 bits per heavy atom. The van der Waals surface area contributed by atoms with E-state index in [0.29, 0.717) is 5.56 Å². The van der Waals surface area contributed by atoms with E-state index in [2.05, 4.69) is 21.0 Å². The minimum atomic E-state index is -0.989. The Hall–Kier alpha value is -1.27. The number of benzene rings is 1. The first-order chi connectivity index (χ1) is 8.49. The number of hydrogen-bond donors (Lipinski definition) is 1. The molecule has 0 bridgehead atoms. The van der Waals surface area contributed by atoms with Gasteiger partial charge in [-0.15, -0.1) is 0 Å². The fraction of sp³-hybridized carbons (Fsp3) is 0.250. The van der Waals surface area contributed by atoms with E-state index in [1.165, 1.54) is 23.0 Å². The van der Waals surface area contributed by atoms with E-state index in [1.807, 2.05) is 0 Å². The van der Waals surface area contributed by atoms with Crippen LogP contribution in [0.2, 0.25) is 0 Å². The van der Waals surface area contributed by atoms with Gasteiger partial charge in [-0.25, -0.2) is 8.78 Å². The second-order valence-electron chi connectivity index (χ2n) is 3.99. The minimum Gasteiger partial charge on any atom is -0.388 e. The highest BCUT2D eigenvalue weighted by Gasteiger charge is 2.18. The van der Waals surface area contributed by atoms with E-state index >= 15 is 0 Å². The highest BCUT2D eigenvalue weighted by atomic mass is 79.9. The predicted octanol–water partition coefficient (Wildman–Crippen LogP) is 2.74. The van der Waals surface area contributed by atoms with Gasteiger partial charge in [0.05, 0.1) is 16.8 Å². The molecule has 96 valence electrons. The Labute approximate surface area is 111 Å². The van der Waals surface area contributed by atoms with Gasteiger partial charge in [0.2, 0.25) is 0 Å². The lowest BCUT2D eigenvalue weighted by atomic mass is 10.0. The highest BCUT2D eigenvalue weighted by Crippen LogP contribution is 2.26. The fourth-order valence-corrected chi connectivity index (χ4v) is 2.05. The second kappa shape index (κ2) is 5.16. The van der Waals surface area contributed by atoms with E-state index in [-0.39, 0.29) is 16.5 Å². The van der Waals surface area contributed by atoms with Crippen LogP contribution in [0.25, 0.3) is 0 Å². The third-order valence-electron chi connectivity index (χ3n) is 2.65. The summed E-state index contributed by atoms with van der Waals surface area (Å²) in [7, 11) is 1.70. The zero-order valence-corrected chi connectivity index (χ0v) is 11.2. The molecule has 0 saturated carbocycles. The maximum absolute atomic E-state index is 13.7. The normalized spacial score (nSPS) is 12.7. The van der Waals surface area contributed by atoms with Crippen LogP contribution in [0.5, 0.6) is 0 Å². The Morgan fingerprint density at radius 1 is 1.44 bits per heavy atom. The van der Waals surface area contributed by atoms with E-state index in [9.17, 15) is 13.9 Å². The van der Waals surface area contributed by atoms with Gasteiger partial charge in [0, 0.05) is 30.8 Å². The molecule has 1 aromatic heterocycles. The van der Waals surface area contributed by atoms with Crippen molar-refractivity contribution >= 4 is 15.9 Å². The van der Waals surface area contributed by atoms with Crippen LogP contribution in [0, 0.1) is 11.6 Å². The van der Waals surface area contributed by atoms with Gasteiger partial charge in [-0.05, 0) is 28.1 Å². The number of nitrogens with zero attached hydrogens (tertiary/aromatic N) is 2. The fourth-order valence-electron chi connectivity index (χ4n) is 1.68. The summed E-state index contributed by atoms with van der Waals surface area (Å²) < 4.78 is 28.9. The molecule has 1 N–H and O–H groups in total. The smallest absolute Gasteiger partial charge is 0.143 e. The Balaban J connectivity index is 2.27. The summed E-state index contributed by atoms with van der Waals surface area (Å²) in [4.78, 5) is 0. The Kier molecular flexibility index (Phi) is 3.77. The van der Waals surface area contributed by atoms with E-state index in [1.54, 1.807) is 13.2 Å². The van der Waals surface area contributed by atoms with Gasteiger partial charge in [-0.2, -0.15) is 5.10 Å². The number of aliphatic hydroxyl groups is 1. The van der Waals surface area contributed by atoms with Crippen LogP contribution < -0.4 is 0 Å². The minimum absolute atomic E-state index is 0.136. The van der Waals surface area contributed by atoms with Crippen molar-refractivity contribution in [3.8, 4) is 0 Å². The second-order valence-corrected chi connectivity index (χ2v) is 4.84. The molecule has 2 aromatic rings. The van der Waals surface area contributed by atoms with Crippen molar-refractivity contribution in [1.29, 1.82) is 0 Å². The highest BCUT2D eigenvalue weighted by molar-refractivity contribution is 9.10. The van der Waals surface area contributed by atoms with Gasteiger partial charge in [-0.1, -0.05) is 0 Å². The van der Waals surface area contributed by atoms with E-state index in [4.69, 9.17) is 0 Å². The van der Waals surface area contributed by atoms with E-state index in [0.717, 1.165) is 0 Å². The van der Waals surface area contributed by atoms with Crippen molar-refractivity contribution in [3.63, 3.8) is 0 Å². The molecule has 0 amide bonds. The van der Waals surface area contributed by atoms with Gasteiger partial charge in [0.1, 0.15) is 11.6 Å². The lowest BCUT2D eigenvalue weighted by molar-refractivity contribution is 0.175. The molecular weight excluding hydrogens is 306 g/mol. The molecule has 0 radical (unpaired) electrons. The molecule has 0 aliphatic rings. The van der Waals surface area contributed by atoms with Crippen LogP contribution in [0.4, 0.5) is 8.78 Å². The van der Waals surface area contributed by atoms with Crippen molar-refractivity contribution in [2.24, 2.45) is 7.05 Å². The zero-order valence-electron chi connectivity index (χ0n) is 9.57. The maximum Gasteiger partial charge on any atom is 0.143 e. The first kappa shape index (κ1) is 13.2. The average molecular weight is 317 g/mol. The number of aliphatic hydroxyl groups excluding tert-OH is 1. The molecule has 1 unspecified atom stereocenters. The molecule has 0 aliphatic heterocycles. The third-order valence-corrected chi connectivity index (χ3v) is 3.26. The van der Waals surface area contributed by atoms with Crippen molar-refractivity contribution in [2.45, 2.75) is 12.5 Å². The van der Waals surface area contributed by atoms with Crippen LogP contribution >= 0.6 is 15.9 Å². The van der Waals surface area contributed by atoms with Crippen LogP contribution in [-0.2, 0) is 13.5 Å². The quantitative estimate of drug-likeness (QED) is 0.884. The molecule has 18 heavy (non-hydrogen) atoms. The summed E-state index contributed by atoms with van der Waals surface area (Å²) in [5.41, 5.74) is 0.386. The standard InChI is InChI=1S/C12H11BrF2N2O/c1-17-6-7(5-16-17)11(18)4-8-10(14)3-2-9(13)12(8)15/h2-3,5-6,11,18H,4H2,1H3. The monoisotopic (exact) mass is 316 g/mol. The Morgan fingerprint density at radius 2 is 2.17 bits per heavy atom. The zero-order chi connectivity index (χ0) is 13.3. The first-order valence-electron chi connectivity index (χ1n) is 5.28. The van der Waals surface area contributed by atoms with Gasteiger partial charge >= 0.3 is 0 Å². The van der Waals surface area contributed by atoms with Gasteiger partial charge in [-0.3, -0.25) is 4.68 Å². The van der Waals surface area contributed by atoms with Gasteiger partial charge < -0.3 is 5.11 Å². The molecule has 1 aromatic carbocycles. The SMILES string of the molecule is Cn1cc(C(O)Cc2c(F)ccc(Br)c2F)cn1. The van der Waals surface area contributed by atoms with Crippen LogP contribution in [0.1, 0.15) is 17.2 Å². The Bertz CT molecular complexity index is 571. The molecule has 0 aliphatic carbocycles. The molecule has 6 heteroatoms.